The first-order valence-electron chi connectivity index (χ1n) is 10.9. The highest BCUT2D eigenvalue weighted by molar-refractivity contribution is 6.62. The summed E-state index contributed by atoms with van der Waals surface area (Å²) in [4.78, 5) is 21.6. The van der Waals surface area contributed by atoms with Gasteiger partial charge < -0.3 is 19.4 Å². The molecular formula is C23H26BN3O4. The number of fused-ring (bicyclic) bond motifs is 4. The lowest BCUT2D eigenvalue weighted by Gasteiger charge is -2.32. The van der Waals surface area contributed by atoms with Gasteiger partial charge in [0.05, 0.1) is 28.3 Å². The summed E-state index contributed by atoms with van der Waals surface area (Å²) in [5.74, 6) is 1.22. The molecule has 3 fully saturated rings. The number of aromatic amines is 1. The lowest BCUT2D eigenvalue weighted by atomic mass is 9.78. The number of hydrogen-bond acceptors (Lipinski definition) is 4. The Morgan fingerprint density at radius 2 is 1.90 bits per heavy atom. The molecule has 2 aliphatic heterocycles. The zero-order valence-corrected chi connectivity index (χ0v) is 18.2. The molecule has 160 valence electrons. The summed E-state index contributed by atoms with van der Waals surface area (Å²) < 4.78 is 12.4. The minimum Gasteiger partial charge on any atom is -0.465 e. The lowest BCUT2D eigenvalue weighted by Crippen LogP contribution is -2.41. The van der Waals surface area contributed by atoms with Crippen LogP contribution < -0.4 is 5.46 Å². The average molecular weight is 419 g/mol. The number of likely N-dealkylation sites (tertiary alicyclic amines) is 1. The van der Waals surface area contributed by atoms with Crippen molar-refractivity contribution in [2.75, 3.05) is 0 Å². The van der Waals surface area contributed by atoms with E-state index < -0.39 is 13.2 Å². The van der Waals surface area contributed by atoms with Crippen molar-refractivity contribution >= 4 is 40.5 Å². The summed E-state index contributed by atoms with van der Waals surface area (Å²) in [6.07, 6.45) is 0.974. The van der Waals surface area contributed by atoms with Crippen LogP contribution in [0.25, 0.3) is 21.8 Å². The first kappa shape index (κ1) is 19.1. The molecule has 3 unspecified atom stereocenters. The maximum Gasteiger partial charge on any atom is 0.494 e. The quantitative estimate of drug-likeness (QED) is 0.617. The summed E-state index contributed by atoms with van der Waals surface area (Å²) in [5, 5.41) is 11.7. The number of imidazole rings is 1. The van der Waals surface area contributed by atoms with E-state index >= 15 is 0 Å². The Labute approximate surface area is 180 Å². The van der Waals surface area contributed by atoms with Gasteiger partial charge in [-0.05, 0) is 63.4 Å². The SMILES string of the molecule is CC1(C)OB(c2ccc3c(ccc4[nH]c(C5CC6CC6N5C(=O)O)nc43)c2)OC1(C)C. The van der Waals surface area contributed by atoms with Gasteiger partial charge in [0.2, 0.25) is 0 Å². The molecule has 0 spiro atoms. The number of carbonyl (C=O) groups is 1. The van der Waals surface area contributed by atoms with E-state index in [1.54, 1.807) is 4.90 Å². The second kappa shape index (κ2) is 6.01. The number of aromatic nitrogens is 2. The second-order valence-corrected chi connectivity index (χ2v) is 10.2. The first-order valence-corrected chi connectivity index (χ1v) is 10.9. The number of rotatable bonds is 2. The molecule has 1 amide bonds. The topological polar surface area (TPSA) is 87.7 Å². The van der Waals surface area contributed by atoms with Gasteiger partial charge in [0, 0.05) is 11.4 Å². The van der Waals surface area contributed by atoms with E-state index in [1.165, 1.54) is 0 Å². The Hall–Kier alpha value is -2.58. The second-order valence-electron chi connectivity index (χ2n) is 10.2. The molecule has 3 atom stereocenters. The van der Waals surface area contributed by atoms with Gasteiger partial charge in [0.15, 0.2) is 0 Å². The fourth-order valence-corrected chi connectivity index (χ4v) is 5.10. The molecule has 2 aromatic carbocycles. The smallest absolute Gasteiger partial charge is 0.465 e. The maximum absolute atomic E-state index is 11.8. The molecule has 2 saturated heterocycles. The van der Waals surface area contributed by atoms with Crippen LogP contribution in [0.4, 0.5) is 4.79 Å². The average Bonchev–Trinajstić information content (AvgIpc) is 3.07. The third-order valence-electron chi connectivity index (χ3n) is 7.68. The number of carboxylic acid groups (broad SMARTS) is 1. The van der Waals surface area contributed by atoms with E-state index in [1.807, 2.05) is 12.1 Å². The number of nitrogens with one attached hydrogen (secondary N) is 1. The molecule has 6 rings (SSSR count). The van der Waals surface area contributed by atoms with Crippen molar-refractivity contribution in [3.8, 4) is 0 Å². The van der Waals surface area contributed by atoms with Gasteiger partial charge in [-0.25, -0.2) is 9.78 Å². The standard InChI is InChI=1S/C23H26BN3O4/c1-22(2)23(3,4)31-24(30-22)14-6-7-15-12(9-14)5-8-16-19(15)26-20(25-16)18-11-13-10-17(13)27(18)21(28)29/h5-9,13,17-18H,10-11H2,1-4H3,(H,25,26)(H,28,29). The van der Waals surface area contributed by atoms with Gasteiger partial charge in [-0.3, -0.25) is 4.90 Å². The zero-order chi connectivity index (χ0) is 21.7. The Kier molecular flexibility index (Phi) is 3.71. The summed E-state index contributed by atoms with van der Waals surface area (Å²) in [5.41, 5.74) is 2.02. The van der Waals surface area contributed by atoms with Gasteiger partial charge in [-0.2, -0.15) is 0 Å². The van der Waals surface area contributed by atoms with Crippen molar-refractivity contribution in [2.45, 2.75) is 63.8 Å². The first-order chi connectivity index (χ1) is 14.6. The van der Waals surface area contributed by atoms with Crippen LogP contribution in [0.3, 0.4) is 0 Å². The van der Waals surface area contributed by atoms with Crippen LogP contribution in [0.5, 0.6) is 0 Å². The Morgan fingerprint density at radius 1 is 1.16 bits per heavy atom. The van der Waals surface area contributed by atoms with Crippen molar-refractivity contribution < 1.29 is 19.2 Å². The zero-order valence-electron chi connectivity index (χ0n) is 18.2. The van der Waals surface area contributed by atoms with E-state index in [2.05, 4.69) is 50.9 Å². The normalized spacial score (nSPS) is 28.5. The number of amides is 1. The fourth-order valence-electron chi connectivity index (χ4n) is 5.10. The van der Waals surface area contributed by atoms with Crippen molar-refractivity contribution in [3.05, 3.63) is 36.2 Å². The van der Waals surface area contributed by atoms with Crippen molar-refractivity contribution in [1.82, 2.24) is 14.9 Å². The van der Waals surface area contributed by atoms with Gasteiger partial charge in [0.1, 0.15) is 5.82 Å². The molecule has 8 heteroatoms. The number of nitrogens with zero attached hydrogens (tertiary/aromatic N) is 2. The maximum atomic E-state index is 11.8. The largest absolute Gasteiger partial charge is 0.494 e. The molecule has 0 radical (unpaired) electrons. The molecule has 0 bridgehead atoms. The minimum atomic E-state index is -0.854. The van der Waals surface area contributed by atoms with Gasteiger partial charge in [-0.1, -0.05) is 24.3 Å². The Balaban J connectivity index is 1.37. The van der Waals surface area contributed by atoms with Crippen LogP contribution in [0.2, 0.25) is 0 Å². The van der Waals surface area contributed by atoms with E-state index in [9.17, 15) is 9.90 Å². The van der Waals surface area contributed by atoms with Crippen LogP contribution in [-0.2, 0) is 9.31 Å². The van der Waals surface area contributed by atoms with Crippen molar-refractivity contribution in [1.29, 1.82) is 0 Å². The van der Waals surface area contributed by atoms with Gasteiger partial charge >= 0.3 is 13.2 Å². The third kappa shape index (κ3) is 2.74. The number of H-pyrrole nitrogens is 1. The fraction of sp³-hybridized carbons (Fsp3) is 0.478. The van der Waals surface area contributed by atoms with E-state index in [-0.39, 0.29) is 23.3 Å². The van der Waals surface area contributed by atoms with E-state index in [4.69, 9.17) is 14.3 Å². The van der Waals surface area contributed by atoms with Crippen LogP contribution in [0, 0.1) is 5.92 Å². The molecule has 1 aromatic heterocycles. The van der Waals surface area contributed by atoms with Gasteiger partial charge in [0.25, 0.3) is 0 Å². The van der Waals surface area contributed by atoms with Crippen molar-refractivity contribution in [2.24, 2.45) is 5.92 Å². The van der Waals surface area contributed by atoms with Crippen molar-refractivity contribution in [3.63, 3.8) is 0 Å². The lowest BCUT2D eigenvalue weighted by molar-refractivity contribution is 0.00578. The molecule has 3 aliphatic rings. The molecule has 31 heavy (non-hydrogen) atoms. The molecule has 1 saturated carbocycles. The Morgan fingerprint density at radius 3 is 2.61 bits per heavy atom. The minimum absolute atomic E-state index is 0.162. The van der Waals surface area contributed by atoms with E-state index in [0.717, 1.165) is 45.9 Å². The number of hydrogen-bond donors (Lipinski definition) is 2. The molecule has 3 aromatic rings. The molecule has 1 aliphatic carbocycles. The molecular weight excluding hydrogens is 393 g/mol. The highest BCUT2D eigenvalue weighted by Crippen LogP contribution is 2.53. The summed E-state index contributed by atoms with van der Waals surface area (Å²) in [6.45, 7) is 8.21. The van der Waals surface area contributed by atoms with E-state index in [0.29, 0.717) is 5.92 Å². The summed E-state index contributed by atoms with van der Waals surface area (Å²) >= 11 is 0. The molecule has 2 N–H and O–H groups in total. The third-order valence-corrected chi connectivity index (χ3v) is 7.68. The van der Waals surface area contributed by atoms with Crippen LogP contribution in [0.1, 0.15) is 52.4 Å². The molecule has 3 heterocycles. The van der Waals surface area contributed by atoms with Crippen LogP contribution >= 0.6 is 0 Å². The van der Waals surface area contributed by atoms with Gasteiger partial charge in [-0.15, -0.1) is 0 Å². The molecule has 7 nitrogen and oxygen atoms in total. The number of piperidine rings is 1. The monoisotopic (exact) mass is 419 g/mol. The summed E-state index contributed by atoms with van der Waals surface area (Å²) in [7, 11) is -0.408. The highest BCUT2D eigenvalue weighted by atomic mass is 16.7. The van der Waals surface area contributed by atoms with Crippen LogP contribution in [0.15, 0.2) is 30.3 Å². The predicted octanol–water partition coefficient (Wildman–Crippen LogP) is 3.83. The Bertz CT molecular complexity index is 1220. The number of benzene rings is 2. The highest BCUT2D eigenvalue weighted by Gasteiger charge is 2.55. The van der Waals surface area contributed by atoms with Crippen LogP contribution in [-0.4, -0.2) is 50.4 Å². The summed E-state index contributed by atoms with van der Waals surface area (Å²) in [6, 6.07) is 10.2. The predicted molar refractivity (Wildman–Crippen MR) is 118 cm³/mol.